The molecule has 0 saturated carbocycles. The van der Waals surface area contributed by atoms with E-state index < -0.39 is 22.6 Å². The molecule has 0 atom stereocenters. The molecule has 0 spiro atoms. The maximum atomic E-state index is 13.2. The number of nitrogens with zero attached hydrogens (tertiary/aromatic N) is 2. The fraction of sp³-hybridized carbons (Fsp3) is 0.148. The smallest absolute Gasteiger partial charge is 0.278 e. The van der Waals surface area contributed by atoms with Crippen LogP contribution in [0, 0.1) is 10.1 Å². The van der Waals surface area contributed by atoms with E-state index in [4.69, 9.17) is 4.74 Å². The lowest BCUT2D eigenvalue weighted by Gasteiger charge is -2.14. The van der Waals surface area contributed by atoms with Crippen molar-refractivity contribution in [1.29, 1.82) is 0 Å². The van der Waals surface area contributed by atoms with Crippen LogP contribution < -0.4 is 10.6 Å². The van der Waals surface area contributed by atoms with Crippen molar-refractivity contribution in [3.05, 3.63) is 104 Å². The van der Waals surface area contributed by atoms with E-state index in [9.17, 15) is 24.5 Å². The van der Waals surface area contributed by atoms with Gasteiger partial charge in [0, 0.05) is 58.7 Å². The Bertz CT molecular complexity index is 1430. The highest BCUT2D eigenvalue weighted by atomic mass is 79.9. The average Bonchev–Trinajstić information content (AvgIpc) is 3.14. The lowest BCUT2D eigenvalue weighted by Crippen LogP contribution is -2.33. The number of carbonyl (C=O) groups is 3. The summed E-state index contributed by atoms with van der Waals surface area (Å²) in [5, 5.41) is 16.7. The molecular weight excluding hydrogens is 588 g/mol. The lowest BCUT2D eigenvalue weighted by atomic mass is 10.2. The van der Waals surface area contributed by atoms with Crippen LogP contribution in [-0.2, 0) is 14.3 Å². The van der Waals surface area contributed by atoms with E-state index in [1.54, 1.807) is 43.5 Å². The van der Waals surface area contributed by atoms with Crippen LogP contribution in [0.5, 0.6) is 0 Å². The number of benzene rings is 3. The molecule has 1 aliphatic rings. The number of ether oxygens (including phenoxy) is 1. The van der Waals surface area contributed by atoms with Gasteiger partial charge in [0.25, 0.3) is 23.4 Å². The van der Waals surface area contributed by atoms with Crippen molar-refractivity contribution < 1.29 is 24.0 Å². The third kappa shape index (κ3) is 6.91. The Morgan fingerprint density at radius 2 is 1.62 bits per heavy atom. The number of carbonyl (C=O) groups excluding carboxylic acids is 3. The number of non-ortho nitro benzene ring substituents is 1. The van der Waals surface area contributed by atoms with Gasteiger partial charge in [0.1, 0.15) is 10.6 Å². The van der Waals surface area contributed by atoms with Gasteiger partial charge in [0.05, 0.1) is 4.92 Å². The van der Waals surface area contributed by atoms with Gasteiger partial charge in [-0.15, -0.1) is 0 Å². The third-order valence-corrected chi connectivity index (χ3v) is 7.26. The number of hydrogen-bond donors (Lipinski definition) is 2. The number of nitrogens with one attached hydrogen (secondary N) is 2. The second-order valence-electron chi connectivity index (χ2n) is 8.33. The van der Waals surface area contributed by atoms with Crippen molar-refractivity contribution in [3.8, 4) is 0 Å². The Morgan fingerprint density at radius 1 is 0.974 bits per heavy atom. The van der Waals surface area contributed by atoms with Crippen molar-refractivity contribution >= 4 is 62.5 Å². The van der Waals surface area contributed by atoms with Crippen molar-refractivity contribution in [1.82, 2.24) is 4.90 Å². The van der Waals surface area contributed by atoms with E-state index in [1.165, 1.54) is 29.2 Å². The zero-order valence-electron chi connectivity index (χ0n) is 20.7. The summed E-state index contributed by atoms with van der Waals surface area (Å²) >= 11 is 4.54. The van der Waals surface area contributed by atoms with E-state index in [-0.39, 0.29) is 28.4 Å². The lowest BCUT2D eigenvalue weighted by molar-refractivity contribution is -0.384. The molecule has 10 nitrogen and oxygen atoms in total. The molecular formula is C27H23BrN4O6S. The molecule has 0 unspecified atom stereocenters. The number of rotatable bonds is 11. The Hall–Kier alpha value is -4.00. The van der Waals surface area contributed by atoms with Crippen LogP contribution in [-0.4, -0.2) is 47.8 Å². The second-order valence-corrected chi connectivity index (χ2v) is 10.3. The Morgan fingerprint density at radius 3 is 2.23 bits per heavy atom. The highest BCUT2D eigenvalue weighted by molar-refractivity contribution is 9.10. The van der Waals surface area contributed by atoms with Gasteiger partial charge in [-0.05, 0) is 67.1 Å². The molecule has 0 fully saturated rings. The molecule has 0 aromatic heterocycles. The number of nitro groups is 1. The molecule has 2 N–H and O–H groups in total. The molecule has 3 amide bonds. The van der Waals surface area contributed by atoms with Crippen molar-refractivity contribution in [2.24, 2.45) is 0 Å². The summed E-state index contributed by atoms with van der Waals surface area (Å²) < 4.78 is 5.95. The molecule has 3 aromatic carbocycles. The normalized spacial score (nSPS) is 13.1. The van der Waals surface area contributed by atoms with Crippen LogP contribution in [0.3, 0.4) is 0 Å². The topological polar surface area (TPSA) is 131 Å². The summed E-state index contributed by atoms with van der Waals surface area (Å²) in [6.07, 6.45) is 0.515. The largest absolute Gasteiger partial charge is 0.385 e. The summed E-state index contributed by atoms with van der Waals surface area (Å²) in [6.45, 7) is 0.650. The van der Waals surface area contributed by atoms with Gasteiger partial charge in [-0.3, -0.25) is 29.4 Å². The summed E-state index contributed by atoms with van der Waals surface area (Å²) in [5.41, 5.74) is 1.53. The molecule has 39 heavy (non-hydrogen) atoms. The summed E-state index contributed by atoms with van der Waals surface area (Å²) in [7, 11) is 1.56. The van der Waals surface area contributed by atoms with Gasteiger partial charge in [-0.25, -0.2) is 0 Å². The van der Waals surface area contributed by atoms with E-state index in [2.05, 4.69) is 26.6 Å². The average molecular weight is 611 g/mol. The molecule has 1 heterocycles. The zero-order valence-corrected chi connectivity index (χ0v) is 23.1. The standard InChI is InChI=1S/C27H23BrN4O6S/c1-38-16-2-15-31-26(34)23(29-19-7-5-18(28)6-8-19)24(27(31)35)39-22-13-9-20(10-14-22)30-25(33)17-3-11-21(12-4-17)32(36)37/h3-14,29H,2,15-16H2,1H3,(H,30,33). The predicted molar refractivity (Wildman–Crippen MR) is 151 cm³/mol. The van der Waals surface area contributed by atoms with Gasteiger partial charge < -0.3 is 15.4 Å². The first-order chi connectivity index (χ1) is 18.8. The molecule has 12 heteroatoms. The number of nitro benzene ring substituents is 1. The Kier molecular flexibility index (Phi) is 9.12. The van der Waals surface area contributed by atoms with Crippen molar-refractivity contribution in [2.45, 2.75) is 11.3 Å². The monoisotopic (exact) mass is 610 g/mol. The molecule has 1 aliphatic heterocycles. The quantitative estimate of drug-likeness (QED) is 0.127. The van der Waals surface area contributed by atoms with E-state index in [0.29, 0.717) is 29.3 Å². The number of halogens is 1. The van der Waals surface area contributed by atoms with Gasteiger partial charge in [-0.2, -0.15) is 0 Å². The minimum absolute atomic E-state index is 0.103. The first kappa shape index (κ1) is 28.0. The molecule has 0 radical (unpaired) electrons. The van der Waals surface area contributed by atoms with E-state index >= 15 is 0 Å². The minimum Gasteiger partial charge on any atom is -0.385 e. The Balaban J connectivity index is 1.50. The van der Waals surface area contributed by atoms with Gasteiger partial charge in [0.15, 0.2) is 0 Å². The molecule has 0 aliphatic carbocycles. The number of hydrogen-bond acceptors (Lipinski definition) is 8. The maximum Gasteiger partial charge on any atom is 0.278 e. The molecule has 200 valence electrons. The fourth-order valence-corrected chi connectivity index (χ4v) is 4.88. The highest BCUT2D eigenvalue weighted by Gasteiger charge is 2.38. The minimum atomic E-state index is -0.533. The van der Waals surface area contributed by atoms with Crippen LogP contribution in [0.4, 0.5) is 17.1 Å². The van der Waals surface area contributed by atoms with Gasteiger partial charge in [-0.1, -0.05) is 27.7 Å². The van der Waals surface area contributed by atoms with Gasteiger partial charge >= 0.3 is 0 Å². The predicted octanol–water partition coefficient (Wildman–Crippen LogP) is 5.43. The maximum absolute atomic E-state index is 13.2. The molecule has 0 saturated heterocycles. The Labute approximate surface area is 236 Å². The van der Waals surface area contributed by atoms with Gasteiger partial charge in [0.2, 0.25) is 0 Å². The fourth-order valence-electron chi connectivity index (χ4n) is 3.67. The number of imide groups is 1. The first-order valence-corrected chi connectivity index (χ1v) is 13.3. The van der Waals surface area contributed by atoms with E-state index in [0.717, 1.165) is 16.2 Å². The second kappa shape index (κ2) is 12.7. The van der Waals surface area contributed by atoms with Crippen molar-refractivity contribution in [2.75, 3.05) is 30.9 Å². The molecule has 0 bridgehead atoms. The van der Waals surface area contributed by atoms with Crippen LogP contribution in [0.2, 0.25) is 0 Å². The number of anilines is 2. The summed E-state index contributed by atoms with van der Waals surface area (Å²) in [4.78, 5) is 51.4. The SMILES string of the molecule is COCCCN1C(=O)C(Nc2ccc(Br)cc2)=C(Sc2ccc(NC(=O)c3ccc([N+](=O)[O-])cc3)cc2)C1=O. The van der Waals surface area contributed by atoms with Crippen LogP contribution >= 0.6 is 27.7 Å². The molecule has 3 aromatic rings. The summed E-state index contributed by atoms with van der Waals surface area (Å²) in [6, 6.07) is 19.3. The third-order valence-electron chi connectivity index (χ3n) is 5.64. The van der Waals surface area contributed by atoms with E-state index in [1.807, 2.05) is 12.1 Å². The number of thioether (sulfide) groups is 1. The number of methoxy groups -OCH3 is 1. The highest BCUT2D eigenvalue weighted by Crippen LogP contribution is 2.36. The number of amides is 3. The van der Waals surface area contributed by atoms with Crippen LogP contribution in [0.25, 0.3) is 0 Å². The van der Waals surface area contributed by atoms with Crippen LogP contribution in [0.15, 0.2) is 92.8 Å². The molecule has 4 rings (SSSR count). The zero-order chi connectivity index (χ0) is 27.9. The van der Waals surface area contributed by atoms with Crippen LogP contribution in [0.1, 0.15) is 16.8 Å². The first-order valence-electron chi connectivity index (χ1n) is 11.7. The van der Waals surface area contributed by atoms with Crippen molar-refractivity contribution in [3.63, 3.8) is 0 Å². The summed E-state index contributed by atoms with van der Waals surface area (Å²) in [5.74, 6) is -1.22.